The molecule has 0 radical (unpaired) electrons. The number of carbonyl (C=O) groups excluding carboxylic acids is 2. The van der Waals surface area contributed by atoms with Crippen LogP contribution in [0.5, 0.6) is 11.5 Å². The number of nitrogens with zero attached hydrogens (tertiary/aromatic N) is 1. The number of benzene rings is 2. The number of carbonyl (C=O) groups is 2. The van der Waals surface area contributed by atoms with E-state index in [4.69, 9.17) is 21.1 Å². The van der Waals surface area contributed by atoms with Gasteiger partial charge in [-0.3, -0.25) is 9.59 Å². The third kappa shape index (κ3) is 5.87. The number of ether oxygens (including phenoxy) is 2. The van der Waals surface area contributed by atoms with Gasteiger partial charge in [-0.25, -0.2) is 4.98 Å². The van der Waals surface area contributed by atoms with Crippen molar-refractivity contribution in [1.82, 2.24) is 15.6 Å². The van der Waals surface area contributed by atoms with Gasteiger partial charge in [0.15, 0.2) is 11.5 Å². The topological polar surface area (TPSA) is 89.6 Å². The quantitative estimate of drug-likeness (QED) is 0.462. The number of halogens is 1. The van der Waals surface area contributed by atoms with E-state index in [-0.39, 0.29) is 30.5 Å². The first-order valence-electron chi connectivity index (χ1n) is 11.1. The summed E-state index contributed by atoms with van der Waals surface area (Å²) in [7, 11) is 1.59. The summed E-state index contributed by atoms with van der Waals surface area (Å²) in [4.78, 5) is 30.1. The number of thiazole rings is 1. The van der Waals surface area contributed by atoms with E-state index in [9.17, 15) is 9.59 Å². The van der Waals surface area contributed by atoms with Crippen LogP contribution in [0.1, 0.15) is 51.5 Å². The normalized spacial score (nSPS) is 17.6. The summed E-state index contributed by atoms with van der Waals surface area (Å²) in [6, 6.07) is 14.0. The zero-order valence-electron chi connectivity index (χ0n) is 18.8. The van der Waals surface area contributed by atoms with Gasteiger partial charge in [0.25, 0.3) is 11.8 Å². The number of nitrogens with one attached hydrogen (secondary N) is 2. The van der Waals surface area contributed by atoms with Gasteiger partial charge in [0.05, 0.1) is 17.7 Å². The van der Waals surface area contributed by atoms with E-state index in [0.29, 0.717) is 32.8 Å². The Bertz CT molecular complexity index is 1150. The molecular weight excluding hydrogens is 474 g/mol. The monoisotopic (exact) mass is 499 g/mol. The molecule has 1 heterocycles. The lowest BCUT2D eigenvalue weighted by Gasteiger charge is -2.32. The predicted octanol–water partition coefficient (Wildman–Crippen LogP) is 4.86. The Hall–Kier alpha value is -3.10. The van der Waals surface area contributed by atoms with Gasteiger partial charge in [0, 0.05) is 17.5 Å². The highest BCUT2D eigenvalue weighted by Gasteiger charge is 2.29. The average Bonchev–Trinajstić information content (AvgIpc) is 3.33. The Morgan fingerprint density at radius 1 is 1.00 bits per heavy atom. The minimum absolute atomic E-state index is 0.173. The van der Waals surface area contributed by atoms with Crippen molar-refractivity contribution in [2.24, 2.45) is 0 Å². The van der Waals surface area contributed by atoms with Gasteiger partial charge in [-0.05, 0) is 37.1 Å². The minimum Gasteiger partial charge on any atom is -0.493 e. The maximum atomic E-state index is 12.9. The summed E-state index contributed by atoms with van der Waals surface area (Å²) in [5.74, 6) is 0.759. The summed E-state index contributed by atoms with van der Waals surface area (Å²) in [5.41, 5.74) is 0.768. The summed E-state index contributed by atoms with van der Waals surface area (Å²) in [6.45, 7) is 0.234. The van der Waals surface area contributed by atoms with Crippen molar-refractivity contribution in [1.29, 1.82) is 0 Å². The van der Waals surface area contributed by atoms with Crippen molar-refractivity contribution in [3.8, 4) is 11.5 Å². The highest BCUT2D eigenvalue weighted by molar-refractivity contribution is 7.09. The molecule has 0 aliphatic heterocycles. The molecule has 2 aromatic carbocycles. The van der Waals surface area contributed by atoms with Crippen LogP contribution in [0, 0.1) is 0 Å². The summed E-state index contributed by atoms with van der Waals surface area (Å²) < 4.78 is 11.1. The molecule has 0 bridgehead atoms. The first-order chi connectivity index (χ1) is 16.5. The van der Waals surface area contributed by atoms with E-state index in [1.807, 2.05) is 24.3 Å². The van der Waals surface area contributed by atoms with Crippen LogP contribution >= 0.6 is 22.9 Å². The molecule has 2 atom stereocenters. The largest absolute Gasteiger partial charge is 0.493 e. The molecule has 2 N–H and O–H groups in total. The summed E-state index contributed by atoms with van der Waals surface area (Å²) in [6.07, 6.45) is 3.54. The zero-order valence-corrected chi connectivity index (χ0v) is 20.3. The average molecular weight is 500 g/mol. The van der Waals surface area contributed by atoms with Gasteiger partial charge in [-0.1, -0.05) is 48.7 Å². The Labute approximate surface area is 207 Å². The van der Waals surface area contributed by atoms with Gasteiger partial charge in [0.2, 0.25) is 0 Å². The van der Waals surface area contributed by atoms with Gasteiger partial charge in [-0.15, -0.1) is 11.3 Å². The first-order valence-corrected chi connectivity index (χ1v) is 12.4. The molecule has 1 saturated carbocycles. The Morgan fingerprint density at radius 3 is 2.35 bits per heavy atom. The number of methoxy groups -OCH3 is 1. The lowest BCUT2D eigenvalue weighted by atomic mass is 9.90. The van der Waals surface area contributed by atoms with Crippen molar-refractivity contribution in [3.63, 3.8) is 0 Å². The minimum atomic E-state index is -0.260. The molecule has 4 rings (SSSR count). The number of amides is 2. The molecule has 1 aliphatic rings. The Kier molecular flexibility index (Phi) is 8.03. The lowest BCUT2D eigenvalue weighted by Crippen LogP contribution is -2.53. The standard InChI is InChI=1S/C25H26ClN3O4S/c1-32-21-12-6-7-13-22(21)33-14-23-27-20(15-34-23)25(31)29-19-11-5-4-10-18(19)28-24(30)16-8-2-3-9-17(16)26/h2-3,6-9,12-13,15,18-19H,4-5,10-11,14H2,1H3,(H,28,30)(H,29,31). The third-order valence-electron chi connectivity index (χ3n) is 5.72. The van der Waals surface area contributed by atoms with Crippen LogP contribution in [0.3, 0.4) is 0 Å². The van der Waals surface area contributed by atoms with E-state index in [1.165, 1.54) is 11.3 Å². The number of hydrogen-bond donors (Lipinski definition) is 2. The van der Waals surface area contributed by atoms with Crippen molar-refractivity contribution in [3.05, 3.63) is 75.2 Å². The molecule has 0 spiro atoms. The van der Waals surface area contributed by atoms with Gasteiger partial charge >= 0.3 is 0 Å². The van der Waals surface area contributed by atoms with E-state index < -0.39 is 0 Å². The highest BCUT2D eigenvalue weighted by atomic mass is 35.5. The Balaban J connectivity index is 1.36. The fraction of sp³-hybridized carbons (Fsp3) is 0.320. The van der Waals surface area contributed by atoms with Crippen molar-refractivity contribution < 1.29 is 19.1 Å². The van der Waals surface area contributed by atoms with Crippen LogP contribution in [-0.2, 0) is 6.61 Å². The molecule has 1 aromatic heterocycles. The van der Waals surface area contributed by atoms with Crippen LogP contribution in [0.25, 0.3) is 0 Å². The molecule has 2 amide bonds. The van der Waals surface area contributed by atoms with Crippen LogP contribution in [-0.4, -0.2) is 36.0 Å². The molecule has 2 unspecified atom stereocenters. The first kappa shape index (κ1) is 24.0. The van der Waals surface area contributed by atoms with E-state index in [1.54, 1.807) is 36.8 Å². The molecule has 9 heteroatoms. The van der Waals surface area contributed by atoms with E-state index in [0.717, 1.165) is 25.7 Å². The van der Waals surface area contributed by atoms with Gasteiger partial charge in [-0.2, -0.15) is 0 Å². The second kappa shape index (κ2) is 11.4. The second-order valence-electron chi connectivity index (χ2n) is 7.99. The molecular formula is C25H26ClN3O4S. The van der Waals surface area contributed by atoms with Gasteiger partial charge < -0.3 is 20.1 Å². The fourth-order valence-electron chi connectivity index (χ4n) is 3.97. The summed E-state index contributed by atoms with van der Waals surface area (Å²) in [5, 5.41) is 8.92. The van der Waals surface area contributed by atoms with Crippen LogP contribution in [0.15, 0.2) is 53.9 Å². The maximum Gasteiger partial charge on any atom is 0.271 e. The number of rotatable bonds is 8. The molecule has 7 nitrogen and oxygen atoms in total. The van der Waals surface area contributed by atoms with Crippen molar-refractivity contribution in [2.75, 3.05) is 7.11 Å². The fourth-order valence-corrected chi connectivity index (χ4v) is 4.88. The number of hydrogen-bond acceptors (Lipinski definition) is 6. The van der Waals surface area contributed by atoms with Crippen LogP contribution in [0.2, 0.25) is 5.02 Å². The van der Waals surface area contributed by atoms with Crippen LogP contribution in [0.4, 0.5) is 0 Å². The van der Waals surface area contributed by atoms with Crippen LogP contribution < -0.4 is 20.1 Å². The third-order valence-corrected chi connectivity index (χ3v) is 6.87. The molecule has 3 aromatic rings. The lowest BCUT2D eigenvalue weighted by molar-refractivity contribution is 0.0860. The number of para-hydroxylation sites is 2. The molecule has 1 aliphatic carbocycles. The second-order valence-corrected chi connectivity index (χ2v) is 9.34. The molecule has 34 heavy (non-hydrogen) atoms. The SMILES string of the molecule is COc1ccccc1OCc1nc(C(=O)NC2CCCCC2NC(=O)c2ccccc2Cl)cs1. The van der Waals surface area contributed by atoms with Gasteiger partial charge in [0.1, 0.15) is 17.3 Å². The molecule has 0 saturated heterocycles. The maximum absolute atomic E-state index is 12.9. The smallest absolute Gasteiger partial charge is 0.271 e. The Morgan fingerprint density at radius 2 is 1.65 bits per heavy atom. The highest BCUT2D eigenvalue weighted by Crippen LogP contribution is 2.27. The van der Waals surface area contributed by atoms with E-state index >= 15 is 0 Å². The van der Waals surface area contributed by atoms with Crippen molar-refractivity contribution in [2.45, 2.75) is 44.4 Å². The predicted molar refractivity (Wildman–Crippen MR) is 132 cm³/mol. The van der Waals surface area contributed by atoms with E-state index in [2.05, 4.69) is 15.6 Å². The number of aromatic nitrogens is 1. The molecule has 178 valence electrons. The van der Waals surface area contributed by atoms with Crippen molar-refractivity contribution >= 4 is 34.8 Å². The summed E-state index contributed by atoms with van der Waals surface area (Å²) >= 11 is 7.53. The molecule has 1 fully saturated rings. The zero-order chi connectivity index (χ0) is 23.9.